The fourth-order valence-electron chi connectivity index (χ4n) is 1.64. The summed E-state index contributed by atoms with van der Waals surface area (Å²) in [6.07, 6.45) is 14.1. The van der Waals surface area contributed by atoms with Gasteiger partial charge in [0.15, 0.2) is 0 Å². The largest absolute Gasteiger partial charge is 0.240 e. The molecule has 0 fully saturated rings. The van der Waals surface area contributed by atoms with Gasteiger partial charge in [-0.25, -0.2) is 10.3 Å². The van der Waals surface area contributed by atoms with E-state index in [1.807, 2.05) is 0 Å². The molecule has 0 bridgehead atoms. The summed E-state index contributed by atoms with van der Waals surface area (Å²) in [5, 5.41) is 4.15. The molecule has 1 aliphatic heterocycles. The first-order valence-corrected chi connectivity index (χ1v) is 5.86. The summed E-state index contributed by atoms with van der Waals surface area (Å²) in [4.78, 5) is 4.15. The number of rotatable bonds is 8. The highest BCUT2D eigenvalue weighted by atomic mass is 15.0. The Morgan fingerprint density at radius 1 is 0.929 bits per heavy atom. The minimum Gasteiger partial charge on any atom is -0.240 e. The average molecular weight is 193 g/mol. The first-order valence-electron chi connectivity index (χ1n) is 5.86. The van der Waals surface area contributed by atoms with E-state index in [0.717, 1.165) is 12.3 Å². The van der Waals surface area contributed by atoms with Gasteiger partial charge in [-0.2, -0.15) is 0 Å². The van der Waals surface area contributed by atoms with Gasteiger partial charge in [-0.1, -0.05) is 45.4 Å². The van der Waals surface area contributed by atoms with E-state index in [9.17, 15) is 0 Å². The van der Waals surface area contributed by atoms with Crippen LogP contribution >= 0.6 is 0 Å². The number of hydrogen-bond donors (Lipinski definition) is 0. The van der Waals surface area contributed by atoms with Crippen LogP contribution in [0.4, 0.5) is 0 Å². The predicted octanol–water partition coefficient (Wildman–Crippen LogP) is 3.61. The summed E-state index contributed by atoms with van der Waals surface area (Å²) in [5.74, 6) is 1.01. The molecule has 0 N–H and O–H groups in total. The molecule has 2 heteroatoms. The number of nitrogens with zero attached hydrogens (tertiary/aromatic N) is 2. The normalized spacial score (nSPS) is 14.2. The summed E-state index contributed by atoms with van der Waals surface area (Å²) >= 11 is 0. The summed E-state index contributed by atoms with van der Waals surface area (Å²) < 4.78 is 0. The van der Waals surface area contributed by atoms with Crippen LogP contribution in [0, 0.1) is 0 Å². The van der Waals surface area contributed by atoms with Gasteiger partial charge in [-0.15, -0.1) is 0 Å². The Kier molecular flexibility index (Phi) is 6.13. The number of hydrogen-bond acceptors (Lipinski definition) is 1. The Hall–Kier alpha value is -0.790. The van der Waals surface area contributed by atoms with Crippen LogP contribution in [0.3, 0.4) is 0 Å². The lowest BCUT2D eigenvalue weighted by Crippen LogP contribution is -2.05. The van der Waals surface area contributed by atoms with E-state index < -0.39 is 0 Å². The van der Waals surface area contributed by atoms with E-state index in [2.05, 4.69) is 17.2 Å². The van der Waals surface area contributed by atoms with Crippen LogP contribution in [0.15, 0.2) is 17.4 Å². The van der Waals surface area contributed by atoms with E-state index in [0.29, 0.717) is 0 Å². The van der Waals surface area contributed by atoms with Crippen LogP contribution in [0.25, 0.3) is 0 Å². The molecule has 0 aromatic rings. The zero-order valence-electron chi connectivity index (χ0n) is 9.21. The van der Waals surface area contributed by atoms with Crippen molar-refractivity contribution in [2.45, 2.75) is 58.3 Å². The Morgan fingerprint density at radius 3 is 2.29 bits per heavy atom. The van der Waals surface area contributed by atoms with Crippen LogP contribution in [0.1, 0.15) is 58.3 Å². The topological polar surface area (TPSA) is 26.5 Å². The molecule has 0 atom stereocenters. The van der Waals surface area contributed by atoms with E-state index in [-0.39, 0.29) is 0 Å². The summed E-state index contributed by atoms with van der Waals surface area (Å²) in [7, 11) is 0. The maximum absolute atomic E-state index is 4.15. The van der Waals surface area contributed by atoms with Crippen LogP contribution in [0.2, 0.25) is 0 Å². The minimum absolute atomic E-state index is 1.01. The molecule has 1 radical (unpaired) electrons. The molecule has 0 saturated heterocycles. The van der Waals surface area contributed by atoms with Crippen molar-refractivity contribution in [1.29, 1.82) is 0 Å². The highest BCUT2D eigenvalue weighted by Gasteiger charge is 2.01. The second-order valence-electron chi connectivity index (χ2n) is 3.84. The quantitative estimate of drug-likeness (QED) is 0.526. The standard InChI is InChI=1S/C12H21N2/c1-2-3-4-5-6-7-8-9-12-13-10-11-14-12/h10-11H,2-9H2,1H3. The Labute approximate surface area is 87.5 Å². The molecule has 0 unspecified atom stereocenters. The molecule has 0 saturated carbocycles. The van der Waals surface area contributed by atoms with Crippen LogP contribution in [-0.4, -0.2) is 5.84 Å². The molecule has 0 aromatic carbocycles. The summed E-state index contributed by atoms with van der Waals surface area (Å²) in [6, 6.07) is 0. The van der Waals surface area contributed by atoms with E-state index in [1.54, 1.807) is 12.4 Å². The molecular formula is C12H21N2. The fraction of sp³-hybridized carbons (Fsp3) is 0.750. The first-order chi connectivity index (χ1) is 6.93. The zero-order valence-corrected chi connectivity index (χ0v) is 9.21. The SMILES string of the molecule is CCCCCCCCCC1=NC=C[N]1. The molecule has 2 nitrogen and oxygen atoms in total. The van der Waals surface area contributed by atoms with Crippen molar-refractivity contribution in [3.05, 3.63) is 12.4 Å². The molecule has 14 heavy (non-hydrogen) atoms. The number of amidine groups is 1. The third kappa shape index (κ3) is 5.05. The van der Waals surface area contributed by atoms with E-state index >= 15 is 0 Å². The third-order valence-corrected chi connectivity index (χ3v) is 2.52. The van der Waals surface area contributed by atoms with Gasteiger partial charge >= 0.3 is 0 Å². The Bertz CT molecular complexity index is 194. The predicted molar refractivity (Wildman–Crippen MR) is 61.3 cm³/mol. The second-order valence-corrected chi connectivity index (χ2v) is 3.84. The first kappa shape index (κ1) is 11.3. The van der Waals surface area contributed by atoms with Gasteiger partial charge in [0.05, 0.1) is 0 Å². The van der Waals surface area contributed by atoms with Crippen LogP contribution in [-0.2, 0) is 0 Å². The average Bonchev–Trinajstić information content (AvgIpc) is 2.69. The Balaban J connectivity index is 1.80. The lowest BCUT2D eigenvalue weighted by molar-refractivity contribution is 0.594. The molecule has 0 aromatic heterocycles. The highest BCUT2D eigenvalue weighted by molar-refractivity contribution is 5.84. The van der Waals surface area contributed by atoms with Crippen molar-refractivity contribution in [3.8, 4) is 0 Å². The van der Waals surface area contributed by atoms with Crippen molar-refractivity contribution in [3.63, 3.8) is 0 Å². The zero-order chi connectivity index (χ0) is 10.1. The molecule has 1 heterocycles. The van der Waals surface area contributed by atoms with Crippen LogP contribution < -0.4 is 5.32 Å². The third-order valence-electron chi connectivity index (χ3n) is 2.52. The van der Waals surface area contributed by atoms with Crippen molar-refractivity contribution in [2.75, 3.05) is 0 Å². The van der Waals surface area contributed by atoms with Crippen molar-refractivity contribution >= 4 is 5.84 Å². The fourth-order valence-corrected chi connectivity index (χ4v) is 1.64. The minimum atomic E-state index is 1.01. The maximum atomic E-state index is 4.15. The molecule has 79 valence electrons. The molecule has 1 aliphatic rings. The maximum Gasteiger partial charge on any atom is 0.128 e. The van der Waals surface area contributed by atoms with Crippen molar-refractivity contribution in [2.24, 2.45) is 4.99 Å². The number of aliphatic imine (C=N–C) groups is 1. The van der Waals surface area contributed by atoms with Gasteiger partial charge in [0.2, 0.25) is 0 Å². The number of unbranched alkanes of at least 4 members (excludes halogenated alkanes) is 6. The van der Waals surface area contributed by atoms with E-state index in [4.69, 9.17) is 0 Å². The molecule has 1 rings (SSSR count). The molecular weight excluding hydrogens is 172 g/mol. The van der Waals surface area contributed by atoms with Gasteiger partial charge in [0.1, 0.15) is 5.84 Å². The molecule has 0 spiro atoms. The highest BCUT2D eigenvalue weighted by Crippen LogP contribution is 2.09. The van der Waals surface area contributed by atoms with Crippen LogP contribution in [0.5, 0.6) is 0 Å². The molecule has 0 aliphatic carbocycles. The second kappa shape index (κ2) is 7.60. The lowest BCUT2D eigenvalue weighted by Gasteiger charge is -2.00. The van der Waals surface area contributed by atoms with Crippen molar-refractivity contribution < 1.29 is 0 Å². The Morgan fingerprint density at radius 2 is 1.64 bits per heavy atom. The summed E-state index contributed by atoms with van der Waals surface area (Å²) in [5.41, 5.74) is 0. The van der Waals surface area contributed by atoms with E-state index in [1.165, 1.54) is 44.9 Å². The van der Waals surface area contributed by atoms with Gasteiger partial charge in [-0.3, -0.25) is 0 Å². The van der Waals surface area contributed by atoms with Gasteiger partial charge in [-0.05, 0) is 6.42 Å². The molecule has 0 amide bonds. The van der Waals surface area contributed by atoms with Gasteiger partial charge in [0.25, 0.3) is 0 Å². The lowest BCUT2D eigenvalue weighted by atomic mass is 10.1. The van der Waals surface area contributed by atoms with Gasteiger partial charge in [0, 0.05) is 18.8 Å². The van der Waals surface area contributed by atoms with Crippen molar-refractivity contribution in [1.82, 2.24) is 5.32 Å². The van der Waals surface area contributed by atoms with Gasteiger partial charge < -0.3 is 0 Å². The summed E-state index contributed by atoms with van der Waals surface area (Å²) in [6.45, 7) is 2.26. The monoisotopic (exact) mass is 193 g/mol. The smallest absolute Gasteiger partial charge is 0.128 e.